The van der Waals surface area contributed by atoms with Gasteiger partial charge in [-0.25, -0.2) is 4.68 Å². The molecule has 0 radical (unpaired) electrons. The Hall–Kier alpha value is -2.03. The van der Waals surface area contributed by atoms with Crippen molar-refractivity contribution in [1.82, 2.24) is 9.78 Å². The molecule has 2 aromatic rings. The number of nitrogens with zero attached hydrogens (tertiary/aromatic N) is 2. The van der Waals surface area contributed by atoms with Gasteiger partial charge in [0.15, 0.2) is 0 Å². The van der Waals surface area contributed by atoms with Crippen LogP contribution >= 0.6 is 0 Å². The highest BCUT2D eigenvalue weighted by molar-refractivity contribution is 5.46. The minimum Gasteiger partial charge on any atom is -0.381 e. The number of anilines is 1. The molecule has 0 spiro atoms. The van der Waals surface area contributed by atoms with Gasteiger partial charge in [0, 0.05) is 30.2 Å². The predicted octanol–water partition coefficient (Wildman–Crippen LogP) is 3.16. The van der Waals surface area contributed by atoms with Crippen LogP contribution in [0.3, 0.4) is 0 Å². The van der Waals surface area contributed by atoms with E-state index < -0.39 is 0 Å². The number of hydrogen-bond acceptors (Lipinski definition) is 2. The molecular weight excluding hydrogens is 210 g/mol. The lowest BCUT2D eigenvalue weighted by Crippen LogP contribution is -1.98. The van der Waals surface area contributed by atoms with E-state index in [1.54, 1.807) is 10.9 Å². The molecule has 3 heteroatoms. The Morgan fingerprint density at radius 3 is 3.00 bits per heavy atom. The normalized spacial score (nSPS) is 10.2. The molecule has 0 aliphatic carbocycles. The number of rotatable bonds is 5. The van der Waals surface area contributed by atoms with E-state index in [0.29, 0.717) is 0 Å². The van der Waals surface area contributed by atoms with Crippen molar-refractivity contribution in [2.75, 3.05) is 5.32 Å². The molecule has 0 aliphatic heterocycles. The zero-order valence-corrected chi connectivity index (χ0v) is 10.1. The van der Waals surface area contributed by atoms with Crippen LogP contribution in [0.25, 0.3) is 6.20 Å². The molecule has 0 atom stereocenters. The summed E-state index contributed by atoms with van der Waals surface area (Å²) in [6.07, 6.45) is 6.55. The van der Waals surface area contributed by atoms with Gasteiger partial charge in [0.05, 0.1) is 6.20 Å². The first-order chi connectivity index (χ1) is 8.31. The van der Waals surface area contributed by atoms with E-state index in [4.69, 9.17) is 0 Å². The van der Waals surface area contributed by atoms with Gasteiger partial charge in [-0.05, 0) is 24.1 Å². The van der Waals surface area contributed by atoms with Crippen LogP contribution in [0.4, 0.5) is 5.69 Å². The Morgan fingerprint density at radius 2 is 2.29 bits per heavy atom. The summed E-state index contributed by atoms with van der Waals surface area (Å²) in [5.74, 6) is 0. The lowest BCUT2D eigenvalue weighted by molar-refractivity contribution is 0.936. The van der Waals surface area contributed by atoms with Crippen LogP contribution in [-0.4, -0.2) is 9.78 Å². The Balaban J connectivity index is 1.99. The van der Waals surface area contributed by atoms with Gasteiger partial charge in [0.1, 0.15) is 0 Å². The molecule has 88 valence electrons. The number of nitrogens with one attached hydrogen (secondary N) is 1. The van der Waals surface area contributed by atoms with E-state index in [-0.39, 0.29) is 0 Å². The van der Waals surface area contributed by atoms with Crippen LogP contribution in [0.1, 0.15) is 18.1 Å². The highest BCUT2D eigenvalue weighted by Crippen LogP contribution is 2.12. The molecule has 0 bridgehead atoms. The maximum absolute atomic E-state index is 4.14. The van der Waals surface area contributed by atoms with Crippen molar-refractivity contribution in [3.05, 3.63) is 54.4 Å². The van der Waals surface area contributed by atoms with Crippen molar-refractivity contribution >= 4 is 11.9 Å². The zero-order chi connectivity index (χ0) is 12.1. The summed E-state index contributed by atoms with van der Waals surface area (Å²) in [7, 11) is 0. The number of hydrogen-bond donors (Lipinski definition) is 1. The Bertz CT molecular complexity index is 500. The largest absolute Gasteiger partial charge is 0.381 e. The van der Waals surface area contributed by atoms with Crippen molar-refractivity contribution in [3.8, 4) is 0 Å². The van der Waals surface area contributed by atoms with Crippen molar-refractivity contribution in [3.63, 3.8) is 0 Å². The van der Waals surface area contributed by atoms with Gasteiger partial charge >= 0.3 is 0 Å². The predicted molar refractivity (Wildman–Crippen MR) is 71.8 cm³/mol. The van der Waals surface area contributed by atoms with Gasteiger partial charge in [-0.2, -0.15) is 5.10 Å². The summed E-state index contributed by atoms with van der Waals surface area (Å²) < 4.78 is 1.71. The molecule has 17 heavy (non-hydrogen) atoms. The van der Waals surface area contributed by atoms with Crippen molar-refractivity contribution in [2.24, 2.45) is 0 Å². The summed E-state index contributed by atoms with van der Waals surface area (Å²) in [6, 6.07) is 8.48. The molecule has 1 aromatic carbocycles. The van der Waals surface area contributed by atoms with Gasteiger partial charge < -0.3 is 5.32 Å². The average Bonchev–Trinajstić information content (AvgIpc) is 2.84. The van der Waals surface area contributed by atoms with Gasteiger partial charge in [-0.15, -0.1) is 0 Å². The maximum Gasteiger partial charge on any atom is 0.0543 e. The van der Waals surface area contributed by atoms with E-state index >= 15 is 0 Å². The molecule has 1 heterocycles. The third-order valence-electron chi connectivity index (χ3n) is 2.67. The third-order valence-corrected chi connectivity index (χ3v) is 2.67. The van der Waals surface area contributed by atoms with E-state index in [2.05, 4.69) is 48.2 Å². The Kier molecular flexibility index (Phi) is 3.60. The monoisotopic (exact) mass is 227 g/mol. The smallest absolute Gasteiger partial charge is 0.0543 e. The Labute approximate surface area is 102 Å². The molecule has 0 aliphatic rings. The van der Waals surface area contributed by atoms with Crippen molar-refractivity contribution < 1.29 is 0 Å². The van der Waals surface area contributed by atoms with E-state index in [1.165, 1.54) is 5.56 Å². The third kappa shape index (κ3) is 2.97. The summed E-state index contributed by atoms with van der Waals surface area (Å²) in [5.41, 5.74) is 3.64. The molecule has 1 N–H and O–H groups in total. The first kappa shape index (κ1) is 11.5. The standard InChI is InChI=1S/C14H17N3/c1-3-12-6-5-7-14(8-12)15-9-13-10-16-17(4-2)11-13/h4-8,10-11,15H,2-3,9H2,1H3. The zero-order valence-electron chi connectivity index (χ0n) is 10.1. The number of aromatic nitrogens is 2. The summed E-state index contributed by atoms with van der Waals surface area (Å²) in [6.45, 7) is 6.60. The SMILES string of the molecule is C=Cn1cc(CNc2cccc(CC)c2)cn1. The van der Waals surface area contributed by atoms with Gasteiger partial charge in [0.25, 0.3) is 0 Å². The maximum atomic E-state index is 4.14. The highest BCUT2D eigenvalue weighted by atomic mass is 15.2. The van der Waals surface area contributed by atoms with E-state index in [9.17, 15) is 0 Å². The summed E-state index contributed by atoms with van der Waals surface area (Å²) in [4.78, 5) is 0. The fourth-order valence-corrected chi connectivity index (χ4v) is 1.67. The molecule has 0 saturated carbocycles. The van der Waals surface area contributed by atoms with Gasteiger partial charge in [-0.1, -0.05) is 25.6 Å². The fraction of sp³-hybridized carbons (Fsp3) is 0.214. The lowest BCUT2D eigenvalue weighted by atomic mass is 10.1. The molecule has 3 nitrogen and oxygen atoms in total. The van der Waals surface area contributed by atoms with E-state index in [1.807, 2.05) is 12.4 Å². The van der Waals surface area contributed by atoms with Crippen LogP contribution < -0.4 is 5.32 Å². The lowest BCUT2D eigenvalue weighted by Gasteiger charge is -2.06. The van der Waals surface area contributed by atoms with Crippen LogP contribution in [0, 0.1) is 0 Å². The molecule has 2 rings (SSSR count). The first-order valence-electron chi connectivity index (χ1n) is 5.80. The topological polar surface area (TPSA) is 29.9 Å². The average molecular weight is 227 g/mol. The second kappa shape index (κ2) is 5.34. The number of aryl methyl sites for hydroxylation is 1. The van der Waals surface area contributed by atoms with Gasteiger partial charge in [0.2, 0.25) is 0 Å². The van der Waals surface area contributed by atoms with Crippen LogP contribution in [-0.2, 0) is 13.0 Å². The minimum absolute atomic E-state index is 0.779. The molecule has 0 unspecified atom stereocenters. The molecule has 0 amide bonds. The molecular formula is C14H17N3. The van der Waals surface area contributed by atoms with Crippen LogP contribution in [0.2, 0.25) is 0 Å². The van der Waals surface area contributed by atoms with Crippen molar-refractivity contribution in [2.45, 2.75) is 19.9 Å². The Morgan fingerprint density at radius 1 is 1.41 bits per heavy atom. The molecule has 1 aromatic heterocycles. The van der Waals surface area contributed by atoms with E-state index in [0.717, 1.165) is 24.2 Å². The summed E-state index contributed by atoms with van der Waals surface area (Å²) in [5, 5.41) is 7.52. The molecule has 0 saturated heterocycles. The first-order valence-corrected chi connectivity index (χ1v) is 5.80. The fourth-order valence-electron chi connectivity index (χ4n) is 1.67. The van der Waals surface area contributed by atoms with Crippen LogP contribution in [0.5, 0.6) is 0 Å². The van der Waals surface area contributed by atoms with Gasteiger partial charge in [-0.3, -0.25) is 0 Å². The second-order valence-corrected chi connectivity index (χ2v) is 3.92. The van der Waals surface area contributed by atoms with Crippen molar-refractivity contribution in [1.29, 1.82) is 0 Å². The second-order valence-electron chi connectivity index (χ2n) is 3.92. The highest BCUT2D eigenvalue weighted by Gasteiger charge is 1.97. The number of benzene rings is 1. The quantitative estimate of drug-likeness (QED) is 0.850. The summed E-state index contributed by atoms with van der Waals surface area (Å²) >= 11 is 0. The molecule has 0 fully saturated rings. The van der Waals surface area contributed by atoms with Crippen LogP contribution in [0.15, 0.2) is 43.2 Å². The minimum atomic E-state index is 0.779.